The standard InChI is InChI=1S/C13H21N3/c1-3-10(2)16-13-11-7-5-4-6-8-12(11)14-9-15-13/h9-10H,3-8H2,1-2H3,(H,14,15,16). The van der Waals surface area contributed by atoms with Crippen molar-refractivity contribution in [2.45, 2.75) is 58.4 Å². The maximum atomic E-state index is 4.42. The van der Waals surface area contributed by atoms with Gasteiger partial charge in [-0.1, -0.05) is 13.3 Å². The molecule has 1 atom stereocenters. The molecule has 0 radical (unpaired) electrons. The van der Waals surface area contributed by atoms with Crippen LogP contribution in [-0.4, -0.2) is 16.0 Å². The van der Waals surface area contributed by atoms with Gasteiger partial charge >= 0.3 is 0 Å². The van der Waals surface area contributed by atoms with E-state index in [0.717, 1.165) is 25.1 Å². The molecule has 0 bridgehead atoms. The topological polar surface area (TPSA) is 37.8 Å². The van der Waals surface area contributed by atoms with Crippen molar-refractivity contribution in [3.63, 3.8) is 0 Å². The number of rotatable bonds is 3. The van der Waals surface area contributed by atoms with Crippen LogP contribution in [0.1, 0.15) is 50.8 Å². The molecule has 1 aromatic heterocycles. The average molecular weight is 219 g/mol. The van der Waals surface area contributed by atoms with E-state index in [1.165, 1.54) is 30.5 Å². The molecule has 1 unspecified atom stereocenters. The van der Waals surface area contributed by atoms with E-state index in [1.807, 2.05) is 0 Å². The highest BCUT2D eigenvalue weighted by molar-refractivity contribution is 5.47. The van der Waals surface area contributed by atoms with Crippen molar-refractivity contribution in [1.29, 1.82) is 0 Å². The Labute approximate surface area is 97.7 Å². The van der Waals surface area contributed by atoms with E-state index in [1.54, 1.807) is 6.33 Å². The van der Waals surface area contributed by atoms with E-state index in [2.05, 4.69) is 29.1 Å². The van der Waals surface area contributed by atoms with E-state index < -0.39 is 0 Å². The Balaban J connectivity index is 2.24. The first-order valence-electron chi connectivity index (χ1n) is 6.40. The number of fused-ring (bicyclic) bond motifs is 1. The van der Waals surface area contributed by atoms with E-state index >= 15 is 0 Å². The van der Waals surface area contributed by atoms with Crippen LogP contribution in [0.25, 0.3) is 0 Å². The van der Waals surface area contributed by atoms with Crippen molar-refractivity contribution in [2.24, 2.45) is 0 Å². The first kappa shape index (κ1) is 11.4. The third-order valence-corrected chi connectivity index (χ3v) is 3.37. The molecule has 0 saturated carbocycles. The van der Waals surface area contributed by atoms with E-state index in [0.29, 0.717) is 6.04 Å². The van der Waals surface area contributed by atoms with Gasteiger partial charge in [-0.25, -0.2) is 9.97 Å². The SMILES string of the molecule is CCC(C)Nc1ncnc2c1CCCCC2. The quantitative estimate of drug-likeness (QED) is 0.794. The fourth-order valence-electron chi connectivity index (χ4n) is 2.16. The second-order valence-electron chi connectivity index (χ2n) is 4.66. The maximum absolute atomic E-state index is 4.42. The van der Waals surface area contributed by atoms with Crippen LogP contribution in [0.4, 0.5) is 5.82 Å². The monoisotopic (exact) mass is 219 g/mol. The Hall–Kier alpha value is -1.12. The lowest BCUT2D eigenvalue weighted by Gasteiger charge is -2.16. The smallest absolute Gasteiger partial charge is 0.133 e. The van der Waals surface area contributed by atoms with Crippen LogP contribution in [0.15, 0.2) is 6.33 Å². The summed E-state index contributed by atoms with van der Waals surface area (Å²) in [5.41, 5.74) is 2.62. The van der Waals surface area contributed by atoms with Gasteiger partial charge in [0.1, 0.15) is 12.1 Å². The van der Waals surface area contributed by atoms with Crippen molar-refractivity contribution in [3.05, 3.63) is 17.6 Å². The number of aryl methyl sites for hydroxylation is 1. The van der Waals surface area contributed by atoms with Gasteiger partial charge in [0, 0.05) is 17.3 Å². The summed E-state index contributed by atoms with van der Waals surface area (Å²) >= 11 is 0. The van der Waals surface area contributed by atoms with Gasteiger partial charge in [0.05, 0.1) is 0 Å². The lowest BCUT2D eigenvalue weighted by atomic mass is 10.1. The first-order valence-corrected chi connectivity index (χ1v) is 6.40. The van der Waals surface area contributed by atoms with Gasteiger partial charge in [-0.05, 0) is 39.0 Å². The average Bonchev–Trinajstić information content (AvgIpc) is 2.54. The number of nitrogens with one attached hydrogen (secondary N) is 1. The van der Waals surface area contributed by atoms with Crippen molar-refractivity contribution in [2.75, 3.05) is 5.32 Å². The molecule has 0 spiro atoms. The molecule has 1 heterocycles. The number of aromatic nitrogens is 2. The number of hydrogen-bond donors (Lipinski definition) is 1. The zero-order chi connectivity index (χ0) is 11.4. The molecule has 0 fully saturated rings. The molecule has 1 aliphatic rings. The molecule has 0 aromatic carbocycles. The van der Waals surface area contributed by atoms with E-state index in [9.17, 15) is 0 Å². The molecular weight excluding hydrogens is 198 g/mol. The Kier molecular flexibility index (Phi) is 3.75. The van der Waals surface area contributed by atoms with Crippen molar-refractivity contribution >= 4 is 5.82 Å². The Morgan fingerprint density at radius 3 is 2.88 bits per heavy atom. The maximum Gasteiger partial charge on any atom is 0.133 e. The van der Waals surface area contributed by atoms with Crippen LogP contribution in [0.3, 0.4) is 0 Å². The minimum absolute atomic E-state index is 0.488. The predicted octanol–water partition coefficient (Wildman–Crippen LogP) is 2.96. The summed E-state index contributed by atoms with van der Waals surface area (Å²) in [6.45, 7) is 4.39. The van der Waals surface area contributed by atoms with Crippen LogP contribution in [0.5, 0.6) is 0 Å². The summed E-state index contributed by atoms with van der Waals surface area (Å²) in [5.74, 6) is 1.07. The van der Waals surface area contributed by atoms with Crippen LogP contribution in [0.2, 0.25) is 0 Å². The molecule has 1 N–H and O–H groups in total. The molecule has 88 valence electrons. The van der Waals surface area contributed by atoms with Crippen molar-refractivity contribution in [1.82, 2.24) is 9.97 Å². The van der Waals surface area contributed by atoms with Gasteiger partial charge in [-0.2, -0.15) is 0 Å². The molecule has 3 nitrogen and oxygen atoms in total. The lowest BCUT2D eigenvalue weighted by molar-refractivity contribution is 0.708. The number of nitrogens with zero attached hydrogens (tertiary/aromatic N) is 2. The minimum Gasteiger partial charge on any atom is -0.367 e. The zero-order valence-corrected chi connectivity index (χ0v) is 10.3. The van der Waals surface area contributed by atoms with Gasteiger partial charge in [-0.3, -0.25) is 0 Å². The summed E-state index contributed by atoms with van der Waals surface area (Å²) in [7, 11) is 0. The Morgan fingerprint density at radius 1 is 1.25 bits per heavy atom. The first-order chi connectivity index (χ1) is 7.81. The summed E-state index contributed by atoms with van der Waals surface area (Å²) in [6, 6.07) is 0.488. The highest BCUT2D eigenvalue weighted by Crippen LogP contribution is 2.24. The predicted molar refractivity (Wildman–Crippen MR) is 66.7 cm³/mol. The van der Waals surface area contributed by atoms with Gasteiger partial charge in [-0.15, -0.1) is 0 Å². The van der Waals surface area contributed by atoms with Crippen LogP contribution < -0.4 is 5.32 Å². The van der Waals surface area contributed by atoms with Crippen LogP contribution >= 0.6 is 0 Å². The summed E-state index contributed by atoms with van der Waals surface area (Å²) in [6.07, 6.45) is 8.94. The van der Waals surface area contributed by atoms with Gasteiger partial charge in [0.15, 0.2) is 0 Å². The van der Waals surface area contributed by atoms with Gasteiger partial charge < -0.3 is 5.32 Å². The minimum atomic E-state index is 0.488. The van der Waals surface area contributed by atoms with E-state index in [-0.39, 0.29) is 0 Å². The third kappa shape index (κ3) is 2.52. The Morgan fingerprint density at radius 2 is 2.06 bits per heavy atom. The second-order valence-corrected chi connectivity index (χ2v) is 4.66. The number of anilines is 1. The molecule has 1 aromatic rings. The van der Waals surface area contributed by atoms with Crippen molar-refractivity contribution < 1.29 is 0 Å². The lowest BCUT2D eigenvalue weighted by Crippen LogP contribution is -2.17. The fourth-order valence-corrected chi connectivity index (χ4v) is 2.16. The summed E-state index contributed by atoms with van der Waals surface area (Å²) in [4.78, 5) is 8.82. The molecule has 0 aliphatic heterocycles. The normalized spacial score (nSPS) is 17.4. The highest BCUT2D eigenvalue weighted by Gasteiger charge is 2.14. The molecule has 16 heavy (non-hydrogen) atoms. The number of hydrogen-bond acceptors (Lipinski definition) is 3. The second kappa shape index (κ2) is 5.28. The van der Waals surface area contributed by atoms with Gasteiger partial charge in [0.2, 0.25) is 0 Å². The summed E-state index contributed by atoms with van der Waals surface area (Å²) in [5, 5.41) is 3.50. The zero-order valence-electron chi connectivity index (χ0n) is 10.3. The largest absolute Gasteiger partial charge is 0.367 e. The molecule has 0 saturated heterocycles. The molecular formula is C13H21N3. The van der Waals surface area contributed by atoms with E-state index in [4.69, 9.17) is 0 Å². The van der Waals surface area contributed by atoms with Crippen LogP contribution in [-0.2, 0) is 12.8 Å². The third-order valence-electron chi connectivity index (χ3n) is 3.37. The summed E-state index contributed by atoms with van der Waals surface area (Å²) < 4.78 is 0. The molecule has 1 aliphatic carbocycles. The highest BCUT2D eigenvalue weighted by atomic mass is 15.0. The fraction of sp³-hybridized carbons (Fsp3) is 0.692. The van der Waals surface area contributed by atoms with Crippen LogP contribution in [0, 0.1) is 0 Å². The molecule has 2 rings (SSSR count). The molecule has 0 amide bonds. The Bertz CT molecular complexity index is 349. The molecule has 3 heteroatoms. The van der Waals surface area contributed by atoms with Gasteiger partial charge in [0.25, 0.3) is 0 Å². The van der Waals surface area contributed by atoms with Crippen molar-refractivity contribution in [3.8, 4) is 0 Å².